The molecule has 0 saturated heterocycles. The highest BCUT2D eigenvalue weighted by molar-refractivity contribution is 5.97. The molecule has 0 saturated carbocycles. The van der Waals surface area contributed by atoms with Crippen molar-refractivity contribution in [2.75, 3.05) is 26.1 Å². The van der Waals surface area contributed by atoms with Gasteiger partial charge in [-0.15, -0.1) is 0 Å². The van der Waals surface area contributed by atoms with E-state index in [-0.39, 0.29) is 5.97 Å². The van der Waals surface area contributed by atoms with Crippen molar-refractivity contribution in [2.45, 2.75) is 6.54 Å². The second-order valence-corrected chi connectivity index (χ2v) is 4.02. The van der Waals surface area contributed by atoms with Crippen LogP contribution in [0, 0.1) is 0 Å². The lowest BCUT2D eigenvalue weighted by molar-refractivity contribution is 0.0600. The van der Waals surface area contributed by atoms with E-state index in [1.54, 1.807) is 12.1 Å². The molecule has 18 heavy (non-hydrogen) atoms. The highest BCUT2D eigenvalue weighted by Gasteiger charge is 2.21. The number of esters is 1. The van der Waals surface area contributed by atoms with Gasteiger partial charge in [0.1, 0.15) is 17.9 Å². The Balaban J connectivity index is 2.28. The van der Waals surface area contributed by atoms with E-state index in [2.05, 4.69) is 14.9 Å². The monoisotopic (exact) mass is 247 g/mol. The zero-order valence-corrected chi connectivity index (χ0v) is 10.2. The molecule has 1 N–H and O–H groups in total. The largest absolute Gasteiger partial charge is 0.489 e. The zero-order chi connectivity index (χ0) is 12.7. The van der Waals surface area contributed by atoms with Crippen LogP contribution in [0.25, 0.3) is 11.0 Å². The summed E-state index contributed by atoms with van der Waals surface area (Å²) in [5.74, 6) is 1.06. The van der Waals surface area contributed by atoms with Crippen molar-refractivity contribution in [2.24, 2.45) is 0 Å². The van der Waals surface area contributed by atoms with Gasteiger partial charge in [-0.2, -0.15) is 0 Å². The Bertz CT molecular complexity index is 633. The van der Waals surface area contributed by atoms with Gasteiger partial charge in [-0.3, -0.25) is 0 Å². The number of aromatic nitrogens is 2. The number of benzene rings is 1. The Kier molecular flexibility index (Phi) is 2.36. The van der Waals surface area contributed by atoms with E-state index in [0.717, 1.165) is 23.5 Å². The Morgan fingerprint density at radius 1 is 1.56 bits per heavy atom. The SMILES string of the molecule is CNc1nc2cc(C(=O)OC)cc3c2n1CCO3. The Morgan fingerprint density at radius 2 is 2.39 bits per heavy atom. The molecular formula is C12H13N3O3. The van der Waals surface area contributed by atoms with Crippen LogP contribution in [0.4, 0.5) is 5.95 Å². The second kappa shape index (κ2) is 3.90. The van der Waals surface area contributed by atoms with Gasteiger partial charge in [0.2, 0.25) is 5.95 Å². The Morgan fingerprint density at radius 3 is 3.11 bits per heavy atom. The molecule has 6 heteroatoms. The van der Waals surface area contributed by atoms with E-state index in [4.69, 9.17) is 9.47 Å². The van der Waals surface area contributed by atoms with Gasteiger partial charge in [0, 0.05) is 7.05 Å². The molecule has 0 atom stereocenters. The summed E-state index contributed by atoms with van der Waals surface area (Å²) in [4.78, 5) is 16.0. The fourth-order valence-corrected chi connectivity index (χ4v) is 2.23. The van der Waals surface area contributed by atoms with E-state index in [9.17, 15) is 4.79 Å². The number of hydrogen-bond acceptors (Lipinski definition) is 5. The van der Waals surface area contributed by atoms with Gasteiger partial charge in [0.25, 0.3) is 0 Å². The fourth-order valence-electron chi connectivity index (χ4n) is 2.23. The van der Waals surface area contributed by atoms with Crippen LogP contribution >= 0.6 is 0 Å². The topological polar surface area (TPSA) is 65.4 Å². The van der Waals surface area contributed by atoms with Gasteiger partial charge in [-0.05, 0) is 12.1 Å². The van der Waals surface area contributed by atoms with Crippen LogP contribution in [0.1, 0.15) is 10.4 Å². The van der Waals surface area contributed by atoms with Crippen molar-refractivity contribution in [3.05, 3.63) is 17.7 Å². The maximum Gasteiger partial charge on any atom is 0.338 e. The average molecular weight is 247 g/mol. The summed E-state index contributed by atoms with van der Waals surface area (Å²) in [5, 5.41) is 3.04. The van der Waals surface area contributed by atoms with Crippen LogP contribution in [0.3, 0.4) is 0 Å². The minimum absolute atomic E-state index is 0.386. The van der Waals surface area contributed by atoms with Crippen molar-refractivity contribution in [3.63, 3.8) is 0 Å². The second-order valence-electron chi connectivity index (χ2n) is 4.02. The molecule has 2 aromatic rings. The predicted octanol–water partition coefficient (Wildman–Crippen LogP) is 1.26. The molecule has 0 radical (unpaired) electrons. The van der Waals surface area contributed by atoms with Crippen LogP contribution in [-0.2, 0) is 11.3 Å². The van der Waals surface area contributed by atoms with Gasteiger partial charge < -0.3 is 19.4 Å². The number of anilines is 1. The summed E-state index contributed by atoms with van der Waals surface area (Å²) in [7, 11) is 3.18. The number of rotatable bonds is 2. The number of hydrogen-bond donors (Lipinski definition) is 1. The first-order chi connectivity index (χ1) is 8.74. The summed E-state index contributed by atoms with van der Waals surface area (Å²) in [5.41, 5.74) is 2.10. The molecule has 1 aliphatic rings. The molecular weight excluding hydrogens is 234 g/mol. The normalized spacial score (nSPS) is 13.2. The third-order valence-corrected chi connectivity index (χ3v) is 3.02. The Labute approximate surface area is 104 Å². The lowest BCUT2D eigenvalue weighted by Crippen LogP contribution is -2.16. The Hall–Kier alpha value is -2.24. The van der Waals surface area contributed by atoms with Crippen molar-refractivity contribution < 1.29 is 14.3 Å². The summed E-state index contributed by atoms with van der Waals surface area (Å²) < 4.78 is 12.4. The molecule has 0 amide bonds. The standard InChI is InChI=1S/C12H13N3O3/c1-13-12-14-8-5-7(11(16)17-2)6-9-10(8)15(12)3-4-18-9/h5-6H,3-4H2,1-2H3,(H,13,14). The van der Waals surface area contributed by atoms with E-state index < -0.39 is 0 Å². The number of carbonyl (C=O) groups is 1. The van der Waals surface area contributed by atoms with E-state index in [1.165, 1.54) is 7.11 Å². The highest BCUT2D eigenvalue weighted by Crippen LogP contribution is 2.33. The maximum atomic E-state index is 11.6. The summed E-state index contributed by atoms with van der Waals surface area (Å²) in [6.45, 7) is 1.31. The van der Waals surface area contributed by atoms with Crippen LogP contribution in [0.5, 0.6) is 5.75 Å². The molecule has 0 fully saturated rings. The smallest absolute Gasteiger partial charge is 0.338 e. The number of ether oxygens (including phenoxy) is 2. The van der Waals surface area contributed by atoms with Crippen LogP contribution in [-0.4, -0.2) is 36.3 Å². The van der Waals surface area contributed by atoms with Crippen molar-refractivity contribution in [1.82, 2.24) is 9.55 Å². The highest BCUT2D eigenvalue weighted by atomic mass is 16.5. The van der Waals surface area contributed by atoms with Crippen molar-refractivity contribution >= 4 is 23.0 Å². The van der Waals surface area contributed by atoms with Gasteiger partial charge in [-0.1, -0.05) is 0 Å². The first-order valence-electron chi connectivity index (χ1n) is 5.67. The maximum absolute atomic E-state index is 11.6. The molecule has 0 spiro atoms. The molecule has 0 bridgehead atoms. The van der Waals surface area contributed by atoms with Crippen LogP contribution in [0.15, 0.2) is 12.1 Å². The van der Waals surface area contributed by atoms with E-state index >= 15 is 0 Å². The molecule has 1 aromatic carbocycles. The van der Waals surface area contributed by atoms with E-state index in [0.29, 0.717) is 17.9 Å². The summed E-state index contributed by atoms with van der Waals surface area (Å²) >= 11 is 0. The van der Waals surface area contributed by atoms with Gasteiger partial charge in [0.15, 0.2) is 0 Å². The van der Waals surface area contributed by atoms with Gasteiger partial charge in [-0.25, -0.2) is 9.78 Å². The fraction of sp³-hybridized carbons (Fsp3) is 0.333. The third kappa shape index (κ3) is 1.42. The molecule has 6 nitrogen and oxygen atoms in total. The number of carbonyl (C=O) groups excluding carboxylic acids is 1. The molecule has 2 heterocycles. The number of nitrogens with one attached hydrogen (secondary N) is 1. The lowest BCUT2D eigenvalue weighted by atomic mass is 10.1. The first kappa shape index (κ1) is 10.9. The van der Waals surface area contributed by atoms with Crippen LogP contribution in [0.2, 0.25) is 0 Å². The average Bonchev–Trinajstić information content (AvgIpc) is 2.78. The quantitative estimate of drug-likeness (QED) is 0.809. The minimum atomic E-state index is -0.386. The van der Waals surface area contributed by atoms with Gasteiger partial charge in [0.05, 0.1) is 24.7 Å². The van der Waals surface area contributed by atoms with Gasteiger partial charge >= 0.3 is 5.97 Å². The summed E-state index contributed by atoms with van der Waals surface area (Å²) in [6, 6.07) is 3.42. The van der Waals surface area contributed by atoms with Crippen LogP contribution < -0.4 is 10.1 Å². The van der Waals surface area contributed by atoms with Crippen molar-refractivity contribution in [1.29, 1.82) is 0 Å². The number of methoxy groups -OCH3 is 1. The van der Waals surface area contributed by atoms with Crippen molar-refractivity contribution in [3.8, 4) is 5.75 Å². The summed E-state index contributed by atoms with van der Waals surface area (Å²) in [6.07, 6.45) is 0. The number of nitrogens with zero attached hydrogens (tertiary/aromatic N) is 2. The van der Waals surface area contributed by atoms with E-state index in [1.807, 2.05) is 7.05 Å². The molecule has 3 rings (SSSR count). The molecule has 1 aromatic heterocycles. The molecule has 94 valence electrons. The molecule has 1 aliphatic heterocycles. The minimum Gasteiger partial charge on any atom is -0.489 e. The zero-order valence-electron chi connectivity index (χ0n) is 10.2. The third-order valence-electron chi connectivity index (χ3n) is 3.02. The number of imidazole rings is 1. The molecule has 0 aliphatic carbocycles. The first-order valence-corrected chi connectivity index (χ1v) is 5.67. The molecule has 0 unspecified atom stereocenters. The predicted molar refractivity (Wildman–Crippen MR) is 66.1 cm³/mol. The lowest BCUT2D eigenvalue weighted by Gasteiger charge is -2.18.